The Labute approximate surface area is 437 Å². The molecule has 0 atom stereocenters. The highest BCUT2D eigenvalue weighted by molar-refractivity contribution is 6.27. The number of hydrogen-bond acceptors (Lipinski definition) is 4. The maximum atomic E-state index is 6.86. The summed E-state index contributed by atoms with van der Waals surface area (Å²) in [5.41, 5.74) is 17.1. The highest BCUT2D eigenvalue weighted by Gasteiger charge is 2.25. The number of hydrogen-bond donors (Lipinski definition) is 0. The number of rotatable bonds is 11. The molecule has 76 heavy (non-hydrogen) atoms. The number of allylic oxidation sites excluding steroid dienone is 3. The Hall–Kier alpha value is -9.78. The highest BCUT2D eigenvalue weighted by atomic mass is 16.3. The summed E-state index contributed by atoms with van der Waals surface area (Å²) in [4.78, 5) is 4.48. The zero-order chi connectivity index (χ0) is 50.8. The zero-order valence-electron chi connectivity index (χ0n) is 42.2. The molecular weight excluding hydrogens is 929 g/mol. The minimum atomic E-state index is 0.825. The molecule has 0 saturated heterocycles. The predicted molar refractivity (Wildman–Crippen MR) is 321 cm³/mol. The van der Waals surface area contributed by atoms with Crippen molar-refractivity contribution >= 4 is 140 Å². The fourth-order valence-electron chi connectivity index (χ4n) is 12.4. The molecule has 6 nitrogen and oxygen atoms in total. The van der Waals surface area contributed by atoms with Gasteiger partial charge in [0.15, 0.2) is 5.58 Å². The van der Waals surface area contributed by atoms with Gasteiger partial charge in [0, 0.05) is 99.0 Å². The third-order valence-electron chi connectivity index (χ3n) is 15.9. The molecule has 362 valence electrons. The predicted octanol–water partition coefficient (Wildman–Crippen LogP) is 17.5. The topological polar surface area (TPSA) is 41.6 Å². The fraction of sp³-hybridized carbons (Fsp3) is 0.0571. The Morgan fingerprint density at radius 3 is 1.79 bits per heavy atom. The van der Waals surface area contributed by atoms with Gasteiger partial charge in [-0.3, -0.25) is 0 Å². The number of aryl methyl sites for hydroxylation is 2. The fourth-order valence-corrected chi connectivity index (χ4v) is 12.4. The van der Waals surface area contributed by atoms with Crippen molar-refractivity contribution < 1.29 is 8.83 Å². The van der Waals surface area contributed by atoms with Crippen LogP contribution in [0.25, 0.3) is 117 Å². The summed E-state index contributed by atoms with van der Waals surface area (Å²) in [5.74, 6) is 0. The highest BCUT2D eigenvalue weighted by Crippen LogP contribution is 2.47. The molecule has 9 aromatic carbocycles. The van der Waals surface area contributed by atoms with Crippen molar-refractivity contribution in [2.24, 2.45) is 0 Å². The second-order valence-electron chi connectivity index (χ2n) is 20.0. The smallest absolute Gasteiger partial charge is 0.159 e. The van der Waals surface area contributed by atoms with Crippen molar-refractivity contribution in [2.75, 3.05) is 9.80 Å². The van der Waals surface area contributed by atoms with E-state index >= 15 is 0 Å². The largest absolute Gasteiger partial charge is 0.463 e. The number of furan rings is 2. The van der Waals surface area contributed by atoms with Gasteiger partial charge in [0.05, 0.1) is 39.5 Å². The molecule has 0 aliphatic rings. The van der Waals surface area contributed by atoms with Gasteiger partial charge in [0.2, 0.25) is 0 Å². The van der Waals surface area contributed by atoms with Crippen LogP contribution < -0.4 is 20.4 Å². The maximum Gasteiger partial charge on any atom is 0.159 e. The van der Waals surface area contributed by atoms with Crippen LogP contribution in [0.4, 0.5) is 22.7 Å². The number of nitrogens with zero attached hydrogens (tertiary/aromatic N) is 4. The first-order valence-corrected chi connectivity index (χ1v) is 26.2. The molecule has 0 N–H and O–H groups in total. The van der Waals surface area contributed by atoms with E-state index in [1.54, 1.807) is 0 Å². The molecule has 15 rings (SSSR count). The van der Waals surface area contributed by atoms with Crippen LogP contribution in [0.15, 0.2) is 228 Å². The van der Waals surface area contributed by atoms with Crippen LogP contribution in [-0.4, -0.2) is 8.80 Å². The van der Waals surface area contributed by atoms with Gasteiger partial charge in [0.25, 0.3) is 0 Å². The number of para-hydroxylation sites is 7. The minimum Gasteiger partial charge on any atom is -0.463 e. The molecule has 0 bridgehead atoms. The Bertz CT molecular complexity index is 5010. The van der Waals surface area contributed by atoms with Crippen molar-refractivity contribution in [1.29, 1.82) is 0 Å². The molecule has 15 aromatic rings. The van der Waals surface area contributed by atoms with Crippen LogP contribution in [0.5, 0.6) is 0 Å². The molecule has 0 amide bonds. The van der Waals surface area contributed by atoms with Crippen molar-refractivity contribution in [3.8, 4) is 0 Å². The van der Waals surface area contributed by atoms with Crippen LogP contribution in [0.1, 0.15) is 30.5 Å². The summed E-state index contributed by atoms with van der Waals surface area (Å²) in [6.07, 6.45) is 14.2. The van der Waals surface area contributed by atoms with Gasteiger partial charge >= 0.3 is 0 Å². The van der Waals surface area contributed by atoms with Crippen molar-refractivity contribution in [2.45, 2.75) is 26.7 Å². The van der Waals surface area contributed by atoms with Crippen LogP contribution in [0.2, 0.25) is 0 Å². The summed E-state index contributed by atoms with van der Waals surface area (Å²) in [6, 6.07) is 65.6. The standard InChI is InChI=1S/C70H50N4O2/c1-5-45-21-15-27-51-47(42-75-68(45)51)20-13-14-37-71(48-23-9-7-10-24-48)43(3)38-58-44(4)72-64-40-61-55-31-18-29-53-59-39-50(35-36-62(59)74(67(53)55)65(61)41-60(64)54-30-17-28-52(58)66(54)72)73(49-25-11-8-12-26-49)63-34-19-33-57-56-32-16-22-46(6-2)69(56)76-70(57)63/h7-42H,3-6H2,1-2H3/b20-13-,37-14+,58-38+. The summed E-state index contributed by atoms with van der Waals surface area (Å²) in [7, 11) is 0. The van der Waals surface area contributed by atoms with Crippen LogP contribution in [0, 0.1) is 0 Å². The van der Waals surface area contributed by atoms with Gasteiger partial charge < -0.3 is 27.4 Å². The molecule has 0 spiro atoms. The van der Waals surface area contributed by atoms with E-state index in [0.717, 1.165) is 101 Å². The number of anilines is 4. The van der Waals surface area contributed by atoms with E-state index in [1.807, 2.05) is 12.3 Å². The monoisotopic (exact) mass is 978 g/mol. The van der Waals surface area contributed by atoms with Gasteiger partial charge in [-0.25, -0.2) is 0 Å². The number of aromatic nitrogens is 2. The lowest BCUT2D eigenvalue weighted by Crippen LogP contribution is -2.26. The number of fused-ring (bicyclic) bond motifs is 13. The first-order chi connectivity index (χ1) is 37.5. The average molecular weight is 979 g/mol. The van der Waals surface area contributed by atoms with E-state index in [9.17, 15) is 0 Å². The molecule has 6 heteroatoms. The van der Waals surface area contributed by atoms with Crippen molar-refractivity contribution in [3.63, 3.8) is 0 Å². The van der Waals surface area contributed by atoms with Crippen molar-refractivity contribution in [1.82, 2.24) is 8.80 Å². The average Bonchev–Trinajstić information content (AvgIpc) is 4.44. The second-order valence-corrected chi connectivity index (χ2v) is 20.0. The van der Waals surface area contributed by atoms with E-state index in [4.69, 9.17) is 15.4 Å². The van der Waals surface area contributed by atoms with E-state index in [2.05, 4.69) is 245 Å². The van der Waals surface area contributed by atoms with E-state index in [-0.39, 0.29) is 0 Å². The quantitative estimate of drug-likeness (QED) is 0.121. The summed E-state index contributed by atoms with van der Waals surface area (Å²) in [5, 5.41) is 13.8. The molecule has 0 unspecified atom stereocenters. The van der Waals surface area contributed by atoms with Crippen LogP contribution >= 0.6 is 0 Å². The lowest BCUT2D eigenvalue weighted by molar-refractivity contribution is 0.610. The van der Waals surface area contributed by atoms with Gasteiger partial charge in [-0.05, 0) is 96.8 Å². The van der Waals surface area contributed by atoms with E-state index < -0.39 is 0 Å². The number of benzene rings is 9. The Morgan fingerprint density at radius 1 is 0.500 bits per heavy atom. The third kappa shape index (κ3) is 6.34. The van der Waals surface area contributed by atoms with Gasteiger partial charge in [-0.1, -0.05) is 160 Å². The summed E-state index contributed by atoms with van der Waals surface area (Å²) >= 11 is 0. The Kier molecular flexibility index (Phi) is 9.72. The normalized spacial score (nSPS) is 12.8. The molecule has 0 aliphatic heterocycles. The SMILES string of the molecule is C=C(/C=c1\c(=C)n2c3cc4c5cccc6c7cc(N(c8ccccc8)c8cccc9c8oc8c(CC)cccc89)ccc7n(c4cc3c3cccc1c32)c65)N(/C=C/C=C\c1coc2c(CC)cccc12)c1ccccc1. The van der Waals surface area contributed by atoms with Gasteiger partial charge in [-0.15, -0.1) is 0 Å². The molecule has 6 aromatic heterocycles. The molecule has 0 radical (unpaired) electrons. The Balaban J connectivity index is 0.855. The molecule has 0 aliphatic carbocycles. The zero-order valence-corrected chi connectivity index (χ0v) is 42.2. The molecule has 0 saturated carbocycles. The molecular formula is C70H50N4O2. The lowest BCUT2D eigenvalue weighted by atomic mass is 10.0. The van der Waals surface area contributed by atoms with Crippen LogP contribution in [0.3, 0.4) is 0 Å². The third-order valence-corrected chi connectivity index (χ3v) is 15.9. The van der Waals surface area contributed by atoms with Crippen molar-refractivity contribution in [3.05, 3.63) is 246 Å². The minimum absolute atomic E-state index is 0.825. The van der Waals surface area contributed by atoms with Gasteiger partial charge in [-0.2, -0.15) is 0 Å². The van der Waals surface area contributed by atoms with Gasteiger partial charge in [0.1, 0.15) is 11.2 Å². The van der Waals surface area contributed by atoms with E-state index in [1.165, 1.54) is 65.5 Å². The molecule has 6 heterocycles. The second kappa shape index (κ2) is 16.9. The lowest BCUT2D eigenvalue weighted by Gasteiger charge is -2.25. The first kappa shape index (κ1) is 43.8. The van der Waals surface area contributed by atoms with Crippen LogP contribution in [-0.2, 0) is 12.8 Å². The van der Waals surface area contributed by atoms with E-state index in [0.29, 0.717) is 0 Å². The molecule has 0 fully saturated rings. The summed E-state index contributed by atoms with van der Waals surface area (Å²) < 4.78 is 17.7. The summed E-state index contributed by atoms with van der Waals surface area (Å²) in [6.45, 7) is 13.8. The maximum absolute atomic E-state index is 6.86. The Morgan fingerprint density at radius 2 is 1.08 bits per heavy atom. The first-order valence-electron chi connectivity index (χ1n) is 26.2.